The summed E-state index contributed by atoms with van der Waals surface area (Å²) >= 11 is 0. The van der Waals surface area contributed by atoms with Gasteiger partial charge in [-0.3, -0.25) is 0 Å². The van der Waals surface area contributed by atoms with Crippen LogP contribution in [0, 0.1) is 0 Å². The molecule has 1 heterocycles. The Morgan fingerprint density at radius 2 is 1.58 bits per heavy atom. The van der Waals surface area contributed by atoms with Crippen molar-refractivity contribution in [2.24, 2.45) is 0 Å². The van der Waals surface area contributed by atoms with Crippen LogP contribution >= 0.6 is 0 Å². The first kappa shape index (κ1) is 16.2. The molecule has 0 aromatic heterocycles. The molecular weight excluding hydrogens is 306 g/mol. The molecule has 5 heteroatoms. The zero-order valence-corrected chi connectivity index (χ0v) is 14.4. The number of hydrogen-bond acceptors (Lipinski definition) is 4. The predicted octanol–water partition coefficient (Wildman–Crippen LogP) is 1.52. The summed E-state index contributed by atoms with van der Waals surface area (Å²) in [6.45, 7) is 0. The Morgan fingerprint density at radius 1 is 0.875 bits per heavy atom. The van der Waals surface area contributed by atoms with Crippen LogP contribution in [0.1, 0.15) is 22.7 Å². The molecule has 0 radical (unpaired) electrons. The second kappa shape index (κ2) is 6.83. The van der Waals surface area contributed by atoms with Crippen molar-refractivity contribution in [3.8, 4) is 23.0 Å². The zero-order chi connectivity index (χ0) is 17.1. The van der Waals surface area contributed by atoms with Gasteiger partial charge in [0.1, 0.15) is 0 Å². The van der Waals surface area contributed by atoms with E-state index in [4.69, 9.17) is 18.9 Å². The molecule has 3 rings (SSSR count). The highest BCUT2D eigenvalue weighted by Crippen LogP contribution is 2.37. The fraction of sp³-hybridized carbons (Fsp3) is 0.316. The van der Waals surface area contributed by atoms with Crippen LogP contribution < -0.4 is 23.9 Å². The van der Waals surface area contributed by atoms with E-state index in [9.17, 15) is 0 Å². The molecular formula is C19H22NO4+. The Kier molecular flexibility index (Phi) is 4.60. The van der Waals surface area contributed by atoms with Gasteiger partial charge >= 0.3 is 0 Å². The standard InChI is InChI=1S/C19H21NO4/c1-21-16-7-5-6-14(19(16)24-4)15-8-12-9-17(22-2)18(23-3)10-13(12)11-20-15/h5-7,9-11,15H,8H2,1-4H3/p+1. The summed E-state index contributed by atoms with van der Waals surface area (Å²) in [5.74, 6) is 2.96. The third-order valence-corrected chi connectivity index (χ3v) is 4.32. The molecule has 2 aromatic rings. The minimum absolute atomic E-state index is 0.0978. The van der Waals surface area contributed by atoms with Gasteiger partial charge in [0.15, 0.2) is 35.3 Å². The lowest BCUT2D eigenvalue weighted by Crippen LogP contribution is -2.73. The Morgan fingerprint density at radius 3 is 2.25 bits per heavy atom. The van der Waals surface area contributed by atoms with Gasteiger partial charge in [-0.25, -0.2) is 4.99 Å². The van der Waals surface area contributed by atoms with E-state index >= 15 is 0 Å². The number of ether oxygens (including phenoxy) is 4. The van der Waals surface area contributed by atoms with Gasteiger partial charge in [0.05, 0.1) is 34.0 Å². The van der Waals surface area contributed by atoms with Crippen molar-refractivity contribution in [2.75, 3.05) is 28.4 Å². The van der Waals surface area contributed by atoms with E-state index in [0.717, 1.165) is 40.5 Å². The van der Waals surface area contributed by atoms with E-state index in [2.05, 4.69) is 11.1 Å². The van der Waals surface area contributed by atoms with E-state index in [-0.39, 0.29) is 6.04 Å². The minimum atomic E-state index is 0.0978. The number of benzene rings is 2. The number of nitrogens with one attached hydrogen (secondary N) is 1. The van der Waals surface area contributed by atoms with E-state index < -0.39 is 0 Å². The van der Waals surface area contributed by atoms with Crippen LogP contribution in [-0.2, 0) is 6.42 Å². The third-order valence-electron chi connectivity index (χ3n) is 4.32. The van der Waals surface area contributed by atoms with Crippen LogP contribution in [0.3, 0.4) is 0 Å². The van der Waals surface area contributed by atoms with E-state index in [1.807, 2.05) is 30.5 Å². The average molecular weight is 328 g/mol. The number of hydrogen-bond donors (Lipinski definition) is 1. The number of methoxy groups -OCH3 is 4. The highest BCUT2D eigenvalue weighted by atomic mass is 16.5. The van der Waals surface area contributed by atoms with Crippen LogP contribution in [0.2, 0.25) is 0 Å². The molecule has 0 aliphatic carbocycles. The second-order valence-electron chi connectivity index (χ2n) is 5.56. The summed E-state index contributed by atoms with van der Waals surface area (Å²) in [5, 5.41) is 0. The molecule has 126 valence electrons. The van der Waals surface area contributed by atoms with Gasteiger partial charge in [0.2, 0.25) is 0 Å². The fourth-order valence-electron chi connectivity index (χ4n) is 3.10. The van der Waals surface area contributed by atoms with E-state index in [1.165, 1.54) is 5.56 Å². The zero-order valence-electron chi connectivity index (χ0n) is 14.4. The Bertz CT molecular complexity index is 770. The van der Waals surface area contributed by atoms with Gasteiger partial charge in [-0.1, -0.05) is 6.07 Å². The first-order chi connectivity index (χ1) is 11.7. The molecule has 0 amide bonds. The van der Waals surface area contributed by atoms with Gasteiger partial charge < -0.3 is 18.9 Å². The number of fused-ring (bicyclic) bond motifs is 1. The van der Waals surface area contributed by atoms with E-state index in [1.54, 1.807) is 28.4 Å². The molecule has 1 N–H and O–H groups in total. The molecule has 1 aliphatic rings. The fourth-order valence-corrected chi connectivity index (χ4v) is 3.10. The molecule has 1 atom stereocenters. The molecule has 1 aliphatic heterocycles. The third kappa shape index (κ3) is 2.77. The molecule has 5 nitrogen and oxygen atoms in total. The molecule has 0 spiro atoms. The van der Waals surface area contributed by atoms with Crippen molar-refractivity contribution in [3.05, 3.63) is 47.0 Å². The van der Waals surface area contributed by atoms with Crippen LogP contribution in [0.25, 0.3) is 0 Å². The lowest BCUT2D eigenvalue weighted by atomic mass is 9.92. The Balaban J connectivity index is 2.00. The first-order valence-corrected chi connectivity index (χ1v) is 7.76. The van der Waals surface area contributed by atoms with Crippen LogP contribution in [0.5, 0.6) is 23.0 Å². The molecule has 1 unspecified atom stereocenters. The molecule has 0 saturated carbocycles. The smallest absolute Gasteiger partial charge is 0.183 e. The summed E-state index contributed by atoms with van der Waals surface area (Å²) in [6.07, 6.45) is 2.82. The van der Waals surface area contributed by atoms with Crippen molar-refractivity contribution in [1.29, 1.82) is 0 Å². The molecule has 0 saturated heterocycles. The van der Waals surface area contributed by atoms with Gasteiger partial charge in [0.25, 0.3) is 0 Å². The maximum Gasteiger partial charge on any atom is 0.183 e. The average Bonchev–Trinajstić information content (AvgIpc) is 2.65. The van der Waals surface area contributed by atoms with Crippen molar-refractivity contribution < 1.29 is 23.9 Å². The highest BCUT2D eigenvalue weighted by molar-refractivity contribution is 5.80. The van der Waals surface area contributed by atoms with Gasteiger partial charge in [0, 0.05) is 12.0 Å². The van der Waals surface area contributed by atoms with Crippen LogP contribution in [-0.4, -0.2) is 34.7 Å². The van der Waals surface area contributed by atoms with Crippen molar-refractivity contribution in [3.63, 3.8) is 0 Å². The van der Waals surface area contributed by atoms with Gasteiger partial charge in [-0.05, 0) is 29.8 Å². The van der Waals surface area contributed by atoms with Crippen LogP contribution in [0.15, 0.2) is 30.3 Å². The van der Waals surface area contributed by atoms with Crippen molar-refractivity contribution in [1.82, 2.24) is 0 Å². The minimum Gasteiger partial charge on any atom is -0.493 e. The Labute approximate surface area is 141 Å². The second-order valence-corrected chi connectivity index (χ2v) is 5.56. The maximum atomic E-state index is 5.57. The summed E-state index contributed by atoms with van der Waals surface area (Å²) in [6, 6.07) is 10.0. The number of rotatable bonds is 5. The Hall–Kier alpha value is -2.69. The maximum absolute atomic E-state index is 5.57. The monoisotopic (exact) mass is 328 g/mol. The van der Waals surface area contributed by atoms with Crippen LogP contribution in [0.4, 0.5) is 0 Å². The summed E-state index contributed by atoms with van der Waals surface area (Å²) in [7, 11) is 6.60. The quantitative estimate of drug-likeness (QED) is 0.904. The molecule has 0 fully saturated rings. The predicted molar refractivity (Wildman–Crippen MR) is 91.7 cm³/mol. The summed E-state index contributed by atoms with van der Waals surface area (Å²) < 4.78 is 21.8. The van der Waals surface area contributed by atoms with E-state index in [0.29, 0.717) is 0 Å². The lowest BCUT2D eigenvalue weighted by Gasteiger charge is -2.19. The normalized spacial score (nSPS) is 15.6. The number of para-hydroxylation sites is 1. The lowest BCUT2D eigenvalue weighted by molar-refractivity contribution is -0.506. The van der Waals surface area contributed by atoms with Gasteiger partial charge in [-0.2, -0.15) is 0 Å². The van der Waals surface area contributed by atoms with Crippen molar-refractivity contribution >= 4 is 6.21 Å². The topological polar surface area (TPSA) is 50.9 Å². The molecule has 2 aromatic carbocycles. The highest BCUT2D eigenvalue weighted by Gasteiger charge is 2.27. The first-order valence-electron chi connectivity index (χ1n) is 7.76. The summed E-state index contributed by atoms with van der Waals surface area (Å²) in [5.41, 5.74) is 3.36. The SMILES string of the molecule is COc1cc2c(cc1OC)CC(c1cccc(OC)c1OC)[NH+]=C2. The largest absolute Gasteiger partial charge is 0.493 e. The molecule has 0 bridgehead atoms. The van der Waals surface area contributed by atoms with Crippen molar-refractivity contribution in [2.45, 2.75) is 12.5 Å². The van der Waals surface area contributed by atoms with Gasteiger partial charge in [-0.15, -0.1) is 0 Å². The molecule has 24 heavy (non-hydrogen) atoms. The summed E-state index contributed by atoms with van der Waals surface area (Å²) in [4.78, 5) is 3.45.